The molecule has 0 bridgehead atoms. The Kier molecular flexibility index (Phi) is 2.44. The average molecular weight is 118 g/mol. The summed E-state index contributed by atoms with van der Waals surface area (Å²) in [5, 5.41) is 8.15. The summed E-state index contributed by atoms with van der Waals surface area (Å²) in [5.41, 5.74) is 10.2. The molecule has 0 aliphatic carbocycles. The van der Waals surface area contributed by atoms with E-state index in [4.69, 9.17) is 16.6 Å². The number of carboxylic acid groups (broad SMARTS) is 1. The Balaban J connectivity index is 3.64. The molecule has 0 aromatic heterocycles. The highest BCUT2D eigenvalue weighted by molar-refractivity contribution is 5.73. The lowest BCUT2D eigenvalue weighted by Gasteiger charge is -2.08. The molecular weight excluding hydrogens is 108 g/mol. The molecule has 8 heavy (non-hydrogen) atoms. The van der Waals surface area contributed by atoms with Gasteiger partial charge in [-0.1, -0.05) is 0 Å². The SMILES string of the molecule is C[C@@H](N)C(N)C(=O)O. The van der Waals surface area contributed by atoms with Gasteiger partial charge in [0, 0.05) is 6.04 Å². The Bertz CT molecular complexity index is 92.0. The first-order valence-electron chi connectivity index (χ1n) is 2.29. The second kappa shape index (κ2) is 2.64. The topological polar surface area (TPSA) is 89.3 Å². The number of rotatable bonds is 2. The summed E-state index contributed by atoms with van der Waals surface area (Å²) in [6.07, 6.45) is 0. The van der Waals surface area contributed by atoms with Gasteiger partial charge in [0.05, 0.1) is 0 Å². The van der Waals surface area contributed by atoms with E-state index in [9.17, 15) is 4.79 Å². The predicted molar refractivity (Wildman–Crippen MR) is 29.3 cm³/mol. The van der Waals surface area contributed by atoms with Crippen LogP contribution in [0.15, 0.2) is 0 Å². The van der Waals surface area contributed by atoms with Gasteiger partial charge in [0.15, 0.2) is 0 Å². The summed E-state index contributed by atoms with van der Waals surface area (Å²) in [4.78, 5) is 9.94. The van der Waals surface area contributed by atoms with Gasteiger partial charge in [-0.3, -0.25) is 4.79 Å². The van der Waals surface area contributed by atoms with E-state index >= 15 is 0 Å². The molecule has 0 saturated heterocycles. The molecule has 0 heterocycles. The maximum atomic E-state index is 9.94. The first-order valence-corrected chi connectivity index (χ1v) is 2.29. The third kappa shape index (κ3) is 1.90. The fourth-order valence-electron chi connectivity index (χ4n) is 0.225. The Morgan fingerprint density at radius 3 is 2.00 bits per heavy atom. The summed E-state index contributed by atoms with van der Waals surface area (Å²) in [7, 11) is 0. The Morgan fingerprint density at radius 1 is 1.62 bits per heavy atom. The van der Waals surface area contributed by atoms with Crippen molar-refractivity contribution in [3.8, 4) is 0 Å². The Hall–Kier alpha value is -0.610. The molecule has 0 aromatic rings. The van der Waals surface area contributed by atoms with Gasteiger partial charge in [0.1, 0.15) is 6.04 Å². The van der Waals surface area contributed by atoms with E-state index in [2.05, 4.69) is 0 Å². The predicted octanol–water partition coefficient (Wildman–Crippen LogP) is -1.25. The van der Waals surface area contributed by atoms with Crippen LogP contribution in [0.1, 0.15) is 6.92 Å². The summed E-state index contributed by atoms with van der Waals surface area (Å²) in [6, 6.07) is -1.41. The van der Waals surface area contributed by atoms with Crippen molar-refractivity contribution in [2.75, 3.05) is 0 Å². The molecule has 1 unspecified atom stereocenters. The molecule has 0 aromatic carbocycles. The standard InChI is InChI=1S/C4H10N2O2/c1-2(5)3(6)4(7)8/h2-3H,5-6H2,1H3,(H,7,8)/t2-,3?/m1/s1. The molecule has 0 amide bonds. The molecule has 0 fully saturated rings. The Morgan fingerprint density at radius 2 is 2.00 bits per heavy atom. The maximum Gasteiger partial charge on any atom is 0.322 e. The van der Waals surface area contributed by atoms with Gasteiger partial charge >= 0.3 is 5.97 Å². The summed E-state index contributed by atoms with van der Waals surface area (Å²) < 4.78 is 0. The molecule has 4 heteroatoms. The molecule has 0 aliphatic heterocycles. The van der Waals surface area contributed by atoms with Crippen LogP contribution in [0, 0.1) is 0 Å². The van der Waals surface area contributed by atoms with Crippen LogP contribution in [0.25, 0.3) is 0 Å². The molecule has 4 nitrogen and oxygen atoms in total. The van der Waals surface area contributed by atoms with Crippen molar-refractivity contribution >= 4 is 5.97 Å². The second-order valence-corrected chi connectivity index (χ2v) is 1.72. The highest BCUT2D eigenvalue weighted by Crippen LogP contribution is 1.82. The molecule has 0 spiro atoms. The van der Waals surface area contributed by atoms with Gasteiger partial charge in [0.25, 0.3) is 0 Å². The van der Waals surface area contributed by atoms with Crippen LogP contribution in [0.3, 0.4) is 0 Å². The largest absolute Gasteiger partial charge is 0.480 e. The number of carboxylic acids is 1. The molecule has 0 aliphatic rings. The molecule has 0 rings (SSSR count). The zero-order chi connectivity index (χ0) is 6.73. The van der Waals surface area contributed by atoms with Crippen LogP contribution >= 0.6 is 0 Å². The molecule has 5 N–H and O–H groups in total. The van der Waals surface area contributed by atoms with E-state index in [-0.39, 0.29) is 0 Å². The number of hydrogen-bond acceptors (Lipinski definition) is 3. The minimum absolute atomic E-state index is 0.479. The molecule has 0 saturated carbocycles. The van der Waals surface area contributed by atoms with E-state index in [1.54, 1.807) is 6.92 Å². The molecular formula is C4H10N2O2. The van der Waals surface area contributed by atoms with Crippen molar-refractivity contribution in [2.45, 2.75) is 19.0 Å². The first-order chi connectivity index (χ1) is 3.55. The van der Waals surface area contributed by atoms with Crippen molar-refractivity contribution in [3.05, 3.63) is 0 Å². The number of aliphatic carboxylic acids is 1. The van der Waals surface area contributed by atoms with Crippen LogP contribution < -0.4 is 11.5 Å². The Labute approximate surface area is 47.5 Å². The normalized spacial score (nSPS) is 17.4. The summed E-state index contributed by atoms with van der Waals surface area (Å²) in [5.74, 6) is -1.06. The van der Waals surface area contributed by atoms with Crippen LogP contribution in [0.5, 0.6) is 0 Å². The van der Waals surface area contributed by atoms with E-state index in [1.165, 1.54) is 0 Å². The zero-order valence-electron chi connectivity index (χ0n) is 4.66. The number of nitrogens with two attached hydrogens (primary N) is 2. The maximum absolute atomic E-state index is 9.94. The van der Waals surface area contributed by atoms with E-state index in [0.717, 1.165) is 0 Å². The van der Waals surface area contributed by atoms with Gasteiger partial charge in [-0.15, -0.1) is 0 Å². The second-order valence-electron chi connectivity index (χ2n) is 1.72. The molecule has 48 valence electrons. The summed E-state index contributed by atoms with van der Waals surface area (Å²) in [6.45, 7) is 1.55. The van der Waals surface area contributed by atoms with Gasteiger partial charge in [0.2, 0.25) is 0 Å². The van der Waals surface area contributed by atoms with E-state index in [0.29, 0.717) is 0 Å². The smallest absolute Gasteiger partial charge is 0.322 e. The van der Waals surface area contributed by atoms with E-state index in [1.807, 2.05) is 0 Å². The lowest BCUT2D eigenvalue weighted by molar-refractivity contribution is -0.138. The zero-order valence-corrected chi connectivity index (χ0v) is 4.66. The minimum Gasteiger partial charge on any atom is -0.480 e. The van der Waals surface area contributed by atoms with Crippen LogP contribution in [0.4, 0.5) is 0 Å². The van der Waals surface area contributed by atoms with Crippen LogP contribution in [-0.4, -0.2) is 23.2 Å². The molecule has 0 radical (unpaired) electrons. The van der Waals surface area contributed by atoms with Crippen molar-refractivity contribution < 1.29 is 9.90 Å². The quantitative estimate of drug-likeness (QED) is 0.422. The first kappa shape index (κ1) is 7.39. The van der Waals surface area contributed by atoms with Gasteiger partial charge in [-0.25, -0.2) is 0 Å². The van der Waals surface area contributed by atoms with Gasteiger partial charge < -0.3 is 16.6 Å². The van der Waals surface area contributed by atoms with Gasteiger partial charge in [-0.05, 0) is 6.92 Å². The highest BCUT2D eigenvalue weighted by Gasteiger charge is 2.14. The fourth-order valence-corrected chi connectivity index (χ4v) is 0.225. The van der Waals surface area contributed by atoms with Crippen LogP contribution in [0.2, 0.25) is 0 Å². The average Bonchev–Trinajstić information content (AvgIpc) is 1.64. The van der Waals surface area contributed by atoms with Crippen molar-refractivity contribution in [1.29, 1.82) is 0 Å². The lowest BCUT2D eigenvalue weighted by atomic mass is 10.2. The van der Waals surface area contributed by atoms with Crippen molar-refractivity contribution in [1.82, 2.24) is 0 Å². The lowest BCUT2D eigenvalue weighted by Crippen LogP contribution is -2.44. The van der Waals surface area contributed by atoms with Crippen LogP contribution in [-0.2, 0) is 4.79 Å². The minimum atomic E-state index is -1.06. The van der Waals surface area contributed by atoms with Gasteiger partial charge in [-0.2, -0.15) is 0 Å². The summed E-state index contributed by atoms with van der Waals surface area (Å²) >= 11 is 0. The number of hydrogen-bond donors (Lipinski definition) is 3. The monoisotopic (exact) mass is 118 g/mol. The highest BCUT2D eigenvalue weighted by atomic mass is 16.4. The fraction of sp³-hybridized carbons (Fsp3) is 0.750. The molecule has 2 atom stereocenters. The third-order valence-corrected chi connectivity index (χ3v) is 0.852. The van der Waals surface area contributed by atoms with E-state index < -0.39 is 18.1 Å². The van der Waals surface area contributed by atoms with Crippen molar-refractivity contribution in [3.63, 3.8) is 0 Å². The number of carbonyl (C=O) groups is 1. The third-order valence-electron chi connectivity index (χ3n) is 0.852. The van der Waals surface area contributed by atoms with Crippen molar-refractivity contribution in [2.24, 2.45) is 11.5 Å².